The summed E-state index contributed by atoms with van der Waals surface area (Å²) in [5, 5.41) is 3.69. The molecule has 2 atom stereocenters. The maximum atomic E-state index is 13.2. The number of thioether (sulfide) groups is 1. The minimum absolute atomic E-state index is 0.375. The normalized spacial score (nSPS) is 14.5. The van der Waals surface area contributed by atoms with E-state index in [0.717, 1.165) is 24.2 Å². The molecule has 0 saturated heterocycles. The maximum Gasteiger partial charge on any atom is 0.159 e. The third-order valence-corrected chi connectivity index (χ3v) is 4.49. The van der Waals surface area contributed by atoms with Crippen LogP contribution >= 0.6 is 11.8 Å². The van der Waals surface area contributed by atoms with Crippen molar-refractivity contribution < 1.29 is 8.78 Å². The smallest absolute Gasteiger partial charge is 0.159 e. The number of rotatable bonds is 7. The Morgan fingerprint density at radius 2 is 1.94 bits per heavy atom. The van der Waals surface area contributed by atoms with Gasteiger partial charge in [-0.1, -0.05) is 20.3 Å². The Bertz CT molecular complexity index is 371. The zero-order valence-corrected chi connectivity index (χ0v) is 12.0. The molecule has 0 aliphatic carbocycles. The van der Waals surface area contributed by atoms with Crippen LogP contribution in [0.25, 0.3) is 0 Å². The minimum Gasteiger partial charge on any atom is -0.316 e. The van der Waals surface area contributed by atoms with Gasteiger partial charge in [0, 0.05) is 16.2 Å². The number of hydrogen-bond acceptors (Lipinski definition) is 2. The van der Waals surface area contributed by atoms with E-state index in [1.807, 2.05) is 7.05 Å². The van der Waals surface area contributed by atoms with E-state index in [1.54, 1.807) is 17.8 Å². The van der Waals surface area contributed by atoms with Gasteiger partial charge in [-0.25, -0.2) is 8.78 Å². The van der Waals surface area contributed by atoms with Crippen LogP contribution in [0.1, 0.15) is 33.1 Å². The van der Waals surface area contributed by atoms with Gasteiger partial charge in [0.1, 0.15) is 0 Å². The lowest BCUT2D eigenvalue weighted by atomic mass is 10.1. The molecule has 1 rings (SSSR count). The SMILES string of the molecule is CCCC(NC)C(CC)Sc1ccc(F)c(F)c1. The van der Waals surface area contributed by atoms with Crippen molar-refractivity contribution in [1.29, 1.82) is 0 Å². The monoisotopic (exact) mass is 273 g/mol. The molecule has 102 valence electrons. The van der Waals surface area contributed by atoms with E-state index >= 15 is 0 Å². The predicted molar refractivity (Wildman–Crippen MR) is 74.0 cm³/mol. The first-order chi connectivity index (χ1) is 8.62. The van der Waals surface area contributed by atoms with Gasteiger partial charge in [0.05, 0.1) is 0 Å². The van der Waals surface area contributed by atoms with Gasteiger partial charge >= 0.3 is 0 Å². The van der Waals surface area contributed by atoms with E-state index < -0.39 is 11.6 Å². The number of halogens is 2. The van der Waals surface area contributed by atoms with E-state index in [9.17, 15) is 8.78 Å². The summed E-state index contributed by atoms with van der Waals surface area (Å²) in [5.74, 6) is -1.56. The van der Waals surface area contributed by atoms with Crippen molar-refractivity contribution in [2.24, 2.45) is 0 Å². The summed E-state index contributed by atoms with van der Waals surface area (Å²) in [5.41, 5.74) is 0. The fourth-order valence-corrected chi connectivity index (χ4v) is 3.27. The molecule has 2 unspecified atom stereocenters. The largest absolute Gasteiger partial charge is 0.316 e. The lowest BCUT2D eigenvalue weighted by Crippen LogP contribution is -2.35. The third kappa shape index (κ3) is 4.25. The number of hydrogen-bond donors (Lipinski definition) is 1. The van der Waals surface area contributed by atoms with Crippen LogP contribution in [0.2, 0.25) is 0 Å². The van der Waals surface area contributed by atoms with Gasteiger partial charge in [-0.15, -0.1) is 11.8 Å². The molecule has 0 fully saturated rings. The van der Waals surface area contributed by atoms with Gasteiger partial charge in [-0.05, 0) is 38.1 Å². The van der Waals surface area contributed by atoms with Crippen molar-refractivity contribution >= 4 is 11.8 Å². The standard InChI is InChI=1S/C14H21F2NS/c1-4-6-13(17-3)14(5-2)18-10-7-8-11(15)12(16)9-10/h7-9,13-14,17H,4-6H2,1-3H3. The van der Waals surface area contributed by atoms with Gasteiger partial charge < -0.3 is 5.32 Å². The Kier molecular flexibility index (Phi) is 6.65. The number of benzene rings is 1. The third-order valence-electron chi connectivity index (χ3n) is 3.00. The lowest BCUT2D eigenvalue weighted by molar-refractivity contribution is 0.489. The molecule has 0 aromatic heterocycles. The van der Waals surface area contributed by atoms with Crippen LogP contribution in [0.3, 0.4) is 0 Å². The van der Waals surface area contributed by atoms with Crippen LogP contribution in [0.5, 0.6) is 0 Å². The highest BCUT2D eigenvalue weighted by Crippen LogP contribution is 2.29. The fraction of sp³-hybridized carbons (Fsp3) is 0.571. The average Bonchev–Trinajstić information content (AvgIpc) is 2.37. The zero-order valence-electron chi connectivity index (χ0n) is 11.2. The fourth-order valence-electron chi connectivity index (χ4n) is 2.00. The van der Waals surface area contributed by atoms with Crippen LogP contribution in [-0.2, 0) is 0 Å². The average molecular weight is 273 g/mol. The highest BCUT2D eigenvalue weighted by atomic mass is 32.2. The van der Waals surface area contributed by atoms with Crippen molar-refractivity contribution in [2.45, 2.75) is 49.3 Å². The maximum absolute atomic E-state index is 13.2. The highest BCUT2D eigenvalue weighted by molar-refractivity contribution is 8.00. The van der Waals surface area contributed by atoms with E-state index in [4.69, 9.17) is 0 Å². The number of nitrogens with one attached hydrogen (secondary N) is 1. The van der Waals surface area contributed by atoms with Crippen LogP contribution < -0.4 is 5.32 Å². The predicted octanol–water partition coefficient (Wildman–Crippen LogP) is 4.22. The Morgan fingerprint density at radius 3 is 2.44 bits per heavy atom. The molecule has 0 amide bonds. The summed E-state index contributed by atoms with van der Waals surface area (Å²) >= 11 is 1.62. The summed E-state index contributed by atoms with van der Waals surface area (Å²) < 4.78 is 26.0. The molecule has 0 bridgehead atoms. The first-order valence-electron chi connectivity index (χ1n) is 6.41. The van der Waals surface area contributed by atoms with Crippen LogP contribution in [-0.4, -0.2) is 18.3 Å². The molecule has 1 nitrogen and oxygen atoms in total. The lowest BCUT2D eigenvalue weighted by Gasteiger charge is -2.25. The van der Waals surface area contributed by atoms with E-state index in [2.05, 4.69) is 19.2 Å². The topological polar surface area (TPSA) is 12.0 Å². The first kappa shape index (κ1) is 15.4. The molecule has 1 N–H and O–H groups in total. The molecule has 0 spiro atoms. The van der Waals surface area contributed by atoms with Crippen LogP contribution in [0.4, 0.5) is 8.78 Å². The Labute approximate surface area is 112 Å². The minimum atomic E-state index is -0.786. The highest BCUT2D eigenvalue weighted by Gasteiger charge is 2.19. The van der Waals surface area contributed by atoms with Gasteiger partial charge in [0.25, 0.3) is 0 Å². The summed E-state index contributed by atoms with van der Waals surface area (Å²) in [6, 6.07) is 4.52. The van der Waals surface area contributed by atoms with Gasteiger partial charge in [0.15, 0.2) is 11.6 Å². The van der Waals surface area contributed by atoms with Crippen molar-refractivity contribution in [3.05, 3.63) is 29.8 Å². The second kappa shape index (κ2) is 7.74. The van der Waals surface area contributed by atoms with Crippen molar-refractivity contribution in [1.82, 2.24) is 5.32 Å². The Morgan fingerprint density at radius 1 is 1.22 bits per heavy atom. The summed E-state index contributed by atoms with van der Waals surface area (Å²) in [7, 11) is 1.95. The summed E-state index contributed by atoms with van der Waals surface area (Å²) in [6.07, 6.45) is 3.20. The molecule has 4 heteroatoms. The van der Waals surface area contributed by atoms with Crippen LogP contribution in [0.15, 0.2) is 23.1 Å². The van der Waals surface area contributed by atoms with Gasteiger partial charge in [0.2, 0.25) is 0 Å². The molecule has 1 aromatic carbocycles. The van der Waals surface area contributed by atoms with E-state index in [1.165, 1.54) is 12.1 Å². The second-order valence-electron chi connectivity index (χ2n) is 4.32. The van der Waals surface area contributed by atoms with E-state index in [0.29, 0.717) is 11.3 Å². The van der Waals surface area contributed by atoms with Gasteiger partial charge in [-0.3, -0.25) is 0 Å². The van der Waals surface area contributed by atoms with E-state index in [-0.39, 0.29) is 0 Å². The molecule has 0 aliphatic heterocycles. The Balaban J connectivity index is 2.74. The molecule has 0 radical (unpaired) electrons. The van der Waals surface area contributed by atoms with Crippen molar-refractivity contribution in [3.8, 4) is 0 Å². The molecule has 18 heavy (non-hydrogen) atoms. The molecule has 1 aromatic rings. The van der Waals surface area contributed by atoms with Crippen LogP contribution in [0, 0.1) is 11.6 Å². The quantitative estimate of drug-likeness (QED) is 0.746. The summed E-state index contributed by atoms with van der Waals surface area (Å²) in [4.78, 5) is 0.789. The molecule has 0 heterocycles. The van der Waals surface area contributed by atoms with Crippen molar-refractivity contribution in [2.75, 3.05) is 7.05 Å². The Hall–Kier alpha value is -0.610. The molecular formula is C14H21F2NS. The zero-order chi connectivity index (χ0) is 13.5. The van der Waals surface area contributed by atoms with Gasteiger partial charge in [-0.2, -0.15) is 0 Å². The first-order valence-corrected chi connectivity index (χ1v) is 7.29. The molecule has 0 aliphatic rings. The summed E-state index contributed by atoms with van der Waals surface area (Å²) in [6.45, 7) is 4.27. The molecular weight excluding hydrogens is 252 g/mol. The second-order valence-corrected chi connectivity index (χ2v) is 5.64. The molecule has 0 saturated carbocycles. The van der Waals surface area contributed by atoms with Crippen molar-refractivity contribution in [3.63, 3.8) is 0 Å².